The Morgan fingerprint density at radius 3 is 2.35 bits per heavy atom. The number of halogens is 1. The lowest BCUT2D eigenvalue weighted by Gasteiger charge is -2.24. The Balaban J connectivity index is 2.49. The van der Waals surface area contributed by atoms with Gasteiger partial charge in [0.1, 0.15) is 0 Å². The predicted molar refractivity (Wildman–Crippen MR) is 99.0 cm³/mol. The van der Waals surface area contributed by atoms with E-state index in [9.17, 15) is 9.59 Å². The molecule has 0 radical (unpaired) electrons. The monoisotopic (exact) mass is 382 g/mol. The standard InChI is InChI=1S/C18H27BrN2O2/c1-12(2)13-8-6-7-9-14(13)21-15(22)10-11-20-17(23)16(19)18(3,4)5/h6-9,12,16H,10-11H2,1-5H3,(H,20,23)(H,21,22)/t16-/m0/s1. The maximum atomic E-state index is 12.1. The molecule has 0 heterocycles. The number of para-hydroxylation sites is 1. The van der Waals surface area contributed by atoms with Crippen LogP contribution in [0, 0.1) is 5.41 Å². The molecule has 0 aliphatic heterocycles. The molecule has 0 bridgehead atoms. The number of anilines is 1. The van der Waals surface area contributed by atoms with E-state index in [0.717, 1.165) is 11.3 Å². The summed E-state index contributed by atoms with van der Waals surface area (Å²) in [5, 5.41) is 5.72. The fourth-order valence-electron chi connectivity index (χ4n) is 2.11. The molecular formula is C18H27BrN2O2. The molecular weight excluding hydrogens is 356 g/mol. The van der Waals surface area contributed by atoms with Gasteiger partial charge in [0.2, 0.25) is 11.8 Å². The number of hydrogen-bond acceptors (Lipinski definition) is 2. The third-order valence-electron chi connectivity index (χ3n) is 3.50. The van der Waals surface area contributed by atoms with E-state index in [4.69, 9.17) is 0 Å². The lowest BCUT2D eigenvalue weighted by Crippen LogP contribution is -2.39. The minimum absolute atomic E-state index is 0.0899. The van der Waals surface area contributed by atoms with Crippen molar-refractivity contribution in [3.05, 3.63) is 29.8 Å². The van der Waals surface area contributed by atoms with Gasteiger partial charge in [0.05, 0.1) is 4.83 Å². The van der Waals surface area contributed by atoms with Crippen LogP contribution in [0.15, 0.2) is 24.3 Å². The van der Waals surface area contributed by atoms with Crippen molar-refractivity contribution in [3.63, 3.8) is 0 Å². The highest BCUT2D eigenvalue weighted by Gasteiger charge is 2.28. The van der Waals surface area contributed by atoms with Gasteiger partial charge in [0, 0.05) is 18.7 Å². The van der Waals surface area contributed by atoms with Crippen LogP contribution in [0.3, 0.4) is 0 Å². The van der Waals surface area contributed by atoms with Gasteiger partial charge >= 0.3 is 0 Å². The lowest BCUT2D eigenvalue weighted by atomic mass is 9.92. The van der Waals surface area contributed by atoms with E-state index in [2.05, 4.69) is 40.4 Å². The van der Waals surface area contributed by atoms with E-state index in [1.165, 1.54) is 0 Å². The molecule has 0 spiro atoms. The SMILES string of the molecule is CC(C)c1ccccc1NC(=O)CCNC(=O)[C@H](Br)C(C)(C)C. The molecule has 0 saturated heterocycles. The summed E-state index contributed by atoms with van der Waals surface area (Å²) in [5.74, 6) is 0.153. The van der Waals surface area contributed by atoms with Gasteiger partial charge in [-0.1, -0.05) is 68.7 Å². The van der Waals surface area contributed by atoms with E-state index < -0.39 is 0 Å². The molecule has 2 amide bonds. The number of amides is 2. The van der Waals surface area contributed by atoms with Crippen LogP contribution in [0.2, 0.25) is 0 Å². The Morgan fingerprint density at radius 1 is 1.17 bits per heavy atom. The normalized spacial score (nSPS) is 12.8. The molecule has 0 aliphatic rings. The lowest BCUT2D eigenvalue weighted by molar-refractivity contribution is -0.122. The second-order valence-electron chi connectivity index (χ2n) is 7.06. The number of rotatable bonds is 6. The Morgan fingerprint density at radius 2 is 1.78 bits per heavy atom. The van der Waals surface area contributed by atoms with E-state index >= 15 is 0 Å². The quantitative estimate of drug-likeness (QED) is 0.728. The highest BCUT2D eigenvalue weighted by atomic mass is 79.9. The largest absolute Gasteiger partial charge is 0.355 e. The summed E-state index contributed by atoms with van der Waals surface area (Å²) in [5.41, 5.74) is 1.78. The van der Waals surface area contributed by atoms with E-state index in [-0.39, 0.29) is 28.5 Å². The second kappa shape index (κ2) is 8.48. The molecule has 4 nitrogen and oxygen atoms in total. The molecule has 0 aliphatic carbocycles. The number of hydrogen-bond donors (Lipinski definition) is 2. The van der Waals surface area contributed by atoms with Crippen molar-refractivity contribution in [2.75, 3.05) is 11.9 Å². The average Bonchev–Trinajstić information content (AvgIpc) is 2.45. The van der Waals surface area contributed by atoms with Gasteiger partial charge < -0.3 is 10.6 Å². The van der Waals surface area contributed by atoms with Crippen LogP contribution in [-0.4, -0.2) is 23.2 Å². The van der Waals surface area contributed by atoms with Gasteiger partial charge in [-0.2, -0.15) is 0 Å². The van der Waals surface area contributed by atoms with E-state index in [0.29, 0.717) is 12.5 Å². The third-order valence-corrected chi connectivity index (χ3v) is 5.29. The van der Waals surface area contributed by atoms with Crippen LogP contribution >= 0.6 is 15.9 Å². The summed E-state index contributed by atoms with van der Waals surface area (Å²) in [6, 6.07) is 7.79. The number of benzene rings is 1. The fraction of sp³-hybridized carbons (Fsp3) is 0.556. The number of carbonyl (C=O) groups is 2. The highest BCUT2D eigenvalue weighted by molar-refractivity contribution is 9.10. The highest BCUT2D eigenvalue weighted by Crippen LogP contribution is 2.26. The zero-order valence-electron chi connectivity index (χ0n) is 14.6. The van der Waals surface area contributed by atoms with Crippen molar-refractivity contribution < 1.29 is 9.59 Å². The summed E-state index contributed by atoms with van der Waals surface area (Å²) in [7, 11) is 0. The van der Waals surface area contributed by atoms with Crippen molar-refractivity contribution in [3.8, 4) is 0 Å². The van der Waals surface area contributed by atoms with E-state index in [1.54, 1.807) is 0 Å². The summed E-state index contributed by atoms with van der Waals surface area (Å²) in [6.45, 7) is 10.5. The minimum Gasteiger partial charge on any atom is -0.355 e. The van der Waals surface area contributed by atoms with Crippen LogP contribution in [-0.2, 0) is 9.59 Å². The first kappa shape index (κ1) is 19.7. The zero-order valence-corrected chi connectivity index (χ0v) is 16.2. The molecule has 0 saturated carbocycles. The first-order valence-electron chi connectivity index (χ1n) is 7.93. The molecule has 128 valence electrons. The smallest absolute Gasteiger partial charge is 0.234 e. The maximum absolute atomic E-state index is 12.1. The molecule has 1 rings (SSSR count). The summed E-state index contributed by atoms with van der Waals surface area (Å²) >= 11 is 3.40. The van der Waals surface area contributed by atoms with Crippen molar-refractivity contribution >= 4 is 33.4 Å². The van der Waals surface area contributed by atoms with Gasteiger partial charge in [-0.05, 0) is 23.0 Å². The predicted octanol–water partition coefficient (Wildman–Crippen LogP) is 4.06. The first-order valence-corrected chi connectivity index (χ1v) is 8.85. The first-order chi connectivity index (χ1) is 10.6. The molecule has 2 N–H and O–H groups in total. The maximum Gasteiger partial charge on any atom is 0.234 e. The van der Waals surface area contributed by atoms with Gasteiger partial charge in [-0.25, -0.2) is 0 Å². The van der Waals surface area contributed by atoms with Crippen LogP contribution in [0.25, 0.3) is 0 Å². The molecule has 0 fully saturated rings. The topological polar surface area (TPSA) is 58.2 Å². The van der Waals surface area contributed by atoms with Crippen molar-refractivity contribution in [1.29, 1.82) is 0 Å². The average molecular weight is 383 g/mol. The Labute approximate surface area is 147 Å². The summed E-state index contributed by atoms with van der Waals surface area (Å²) < 4.78 is 0. The number of alkyl halides is 1. The summed E-state index contributed by atoms with van der Waals surface area (Å²) in [4.78, 5) is 23.8. The van der Waals surface area contributed by atoms with Gasteiger partial charge in [-0.15, -0.1) is 0 Å². The Bertz CT molecular complexity index is 550. The molecule has 0 aromatic heterocycles. The van der Waals surface area contributed by atoms with Gasteiger partial charge in [-0.3, -0.25) is 9.59 Å². The number of carbonyl (C=O) groups excluding carboxylic acids is 2. The van der Waals surface area contributed by atoms with Crippen molar-refractivity contribution in [2.45, 2.75) is 51.8 Å². The van der Waals surface area contributed by atoms with Gasteiger partial charge in [0.25, 0.3) is 0 Å². The second-order valence-corrected chi connectivity index (χ2v) is 7.98. The molecule has 1 atom stereocenters. The third kappa shape index (κ3) is 6.34. The Hall–Kier alpha value is -1.36. The Kier molecular flexibility index (Phi) is 7.26. The van der Waals surface area contributed by atoms with Crippen LogP contribution in [0.4, 0.5) is 5.69 Å². The van der Waals surface area contributed by atoms with Crippen molar-refractivity contribution in [1.82, 2.24) is 5.32 Å². The van der Waals surface area contributed by atoms with Crippen LogP contribution in [0.1, 0.15) is 52.5 Å². The minimum atomic E-state index is -0.278. The molecule has 1 aromatic rings. The zero-order chi connectivity index (χ0) is 17.6. The summed E-state index contributed by atoms with van der Waals surface area (Å²) in [6.07, 6.45) is 0.252. The van der Waals surface area contributed by atoms with Crippen LogP contribution in [0.5, 0.6) is 0 Å². The van der Waals surface area contributed by atoms with E-state index in [1.807, 2.05) is 45.0 Å². The van der Waals surface area contributed by atoms with Crippen LogP contribution < -0.4 is 10.6 Å². The van der Waals surface area contributed by atoms with Gasteiger partial charge in [0.15, 0.2) is 0 Å². The number of nitrogens with one attached hydrogen (secondary N) is 2. The molecule has 23 heavy (non-hydrogen) atoms. The molecule has 0 unspecified atom stereocenters. The molecule has 1 aromatic carbocycles. The van der Waals surface area contributed by atoms with Crippen molar-refractivity contribution in [2.24, 2.45) is 5.41 Å². The molecule has 5 heteroatoms. The fourth-order valence-corrected chi connectivity index (χ4v) is 2.27.